The minimum atomic E-state index is -4.34. The number of halogens is 3. The largest absolute Gasteiger partial charge is 0.463 e. The average molecular weight is 475 g/mol. The molecule has 184 valence electrons. The lowest BCUT2D eigenvalue weighted by Gasteiger charge is -2.62. The number of rotatable bonds is 3. The molecule has 3 nitrogen and oxygen atoms in total. The first-order chi connectivity index (χ1) is 14.6. The van der Waals surface area contributed by atoms with Crippen molar-refractivity contribution in [2.24, 2.45) is 34.5 Å². The SMILES string of the molecule is CC(=O)OC1CC[C@@]2(C)C(CC[C@@H]3[C@H]2CC[C@@]2(C)[C@H]3CCC2(O[Si](C)(C)C)C(F)(F)F)C1. The van der Waals surface area contributed by atoms with Crippen LogP contribution in [-0.2, 0) is 14.0 Å². The van der Waals surface area contributed by atoms with Gasteiger partial charge in [-0.05, 0) is 107 Å². The molecular formula is C25H41F3O3Si. The number of carbonyl (C=O) groups excluding carboxylic acids is 1. The van der Waals surface area contributed by atoms with E-state index in [1.54, 1.807) is 0 Å². The first-order valence-corrected chi connectivity index (χ1v) is 16.0. The quantitative estimate of drug-likeness (QED) is 0.323. The van der Waals surface area contributed by atoms with Crippen molar-refractivity contribution in [2.45, 2.75) is 116 Å². The van der Waals surface area contributed by atoms with Gasteiger partial charge in [0.2, 0.25) is 0 Å². The van der Waals surface area contributed by atoms with Crippen molar-refractivity contribution in [1.82, 2.24) is 0 Å². The Morgan fingerprint density at radius 1 is 0.938 bits per heavy atom. The van der Waals surface area contributed by atoms with E-state index >= 15 is 0 Å². The minimum absolute atomic E-state index is 0.00508. The Morgan fingerprint density at radius 3 is 2.19 bits per heavy atom. The Bertz CT molecular complexity index is 750. The molecule has 0 heterocycles. The molecule has 4 saturated carbocycles. The molecule has 0 N–H and O–H groups in total. The van der Waals surface area contributed by atoms with E-state index in [-0.39, 0.29) is 29.8 Å². The molecule has 3 unspecified atom stereocenters. The smallest absolute Gasteiger partial charge is 0.416 e. The number of ether oxygens (including phenoxy) is 1. The first kappa shape index (κ1) is 24.6. The van der Waals surface area contributed by atoms with Crippen molar-refractivity contribution in [3.8, 4) is 0 Å². The van der Waals surface area contributed by atoms with Crippen molar-refractivity contribution >= 4 is 14.3 Å². The van der Waals surface area contributed by atoms with Crippen LogP contribution in [0.4, 0.5) is 13.2 Å². The van der Waals surface area contributed by atoms with Gasteiger partial charge in [0.15, 0.2) is 13.9 Å². The molecule has 4 aliphatic rings. The molecule has 0 bridgehead atoms. The van der Waals surface area contributed by atoms with Crippen molar-refractivity contribution in [2.75, 3.05) is 0 Å². The third kappa shape index (κ3) is 3.68. The van der Waals surface area contributed by atoms with Crippen LogP contribution in [0.5, 0.6) is 0 Å². The molecule has 0 amide bonds. The minimum Gasteiger partial charge on any atom is -0.463 e. The van der Waals surface area contributed by atoms with Gasteiger partial charge in [-0.3, -0.25) is 4.79 Å². The Labute approximate surface area is 192 Å². The number of fused-ring (bicyclic) bond motifs is 5. The monoisotopic (exact) mass is 474 g/mol. The number of hydrogen-bond acceptors (Lipinski definition) is 3. The third-order valence-electron chi connectivity index (χ3n) is 10.0. The van der Waals surface area contributed by atoms with E-state index in [0.717, 1.165) is 38.5 Å². The fraction of sp³-hybridized carbons (Fsp3) is 0.960. The predicted octanol–water partition coefficient (Wildman–Crippen LogP) is 7.11. The molecule has 4 rings (SSSR count). The van der Waals surface area contributed by atoms with Crippen LogP contribution in [0.15, 0.2) is 0 Å². The van der Waals surface area contributed by atoms with E-state index in [9.17, 15) is 18.0 Å². The van der Waals surface area contributed by atoms with Gasteiger partial charge in [-0.1, -0.05) is 13.8 Å². The number of carbonyl (C=O) groups is 1. The summed E-state index contributed by atoms with van der Waals surface area (Å²) in [6.07, 6.45) is 2.69. The molecule has 4 fully saturated rings. The summed E-state index contributed by atoms with van der Waals surface area (Å²) >= 11 is 0. The van der Waals surface area contributed by atoms with E-state index in [0.29, 0.717) is 30.6 Å². The van der Waals surface area contributed by atoms with Crippen LogP contribution in [0, 0.1) is 34.5 Å². The molecule has 0 aromatic carbocycles. The predicted molar refractivity (Wildman–Crippen MR) is 120 cm³/mol. The third-order valence-corrected chi connectivity index (χ3v) is 11.0. The number of hydrogen-bond donors (Lipinski definition) is 0. The zero-order valence-electron chi connectivity index (χ0n) is 20.6. The van der Waals surface area contributed by atoms with Gasteiger partial charge < -0.3 is 9.16 Å². The first-order valence-electron chi connectivity index (χ1n) is 12.6. The summed E-state index contributed by atoms with van der Waals surface area (Å²) in [7, 11) is -2.40. The van der Waals surface area contributed by atoms with Crippen LogP contribution in [0.1, 0.15) is 78.6 Å². The Balaban J connectivity index is 1.61. The summed E-state index contributed by atoms with van der Waals surface area (Å²) in [4.78, 5) is 11.5. The highest BCUT2D eigenvalue weighted by Gasteiger charge is 2.74. The molecule has 0 saturated heterocycles. The van der Waals surface area contributed by atoms with E-state index in [2.05, 4.69) is 6.92 Å². The van der Waals surface area contributed by atoms with E-state index in [1.165, 1.54) is 6.92 Å². The van der Waals surface area contributed by atoms with Crippen LogP contribution < -0.4 is 0 Å². The Kier molecular flexibility index (Phi) is 5.93. The Hall–Kier alpha value is -0.563. The lowest BCUT2D eigenvalue weighted by Crippen LogP contribution is -2.64. The standard InChI is InChI=1S/C25H41F3O3Si/c1-16(29)30-18-9-12-22(2)17(15-18)7-8-19-20(22)10-13-23(3)21(19)11-14-24(23,25(26,27)28)31-32(4,5)6/h17-21H,7-15H2,1-6H3/t17?,18?,19-,20-,21+,22+,23+,24?/m1/s1. The zero-order valence-corrected chi connectivity index (χ0v) is 21.6. The summed E-state index contributed by atoms with van der Waals surface area (Å²) in [5, 5.41) is 0. The van der Waals surface area contributed by atoms with E-state index in [4.69, 9.17) is 9.16 Å². The molecule has 7 heteroatoms. The van der Waals surface area contributed by atoms with Crippen LogP contribution in [-0.4, -0.2) is 32.2 Å². The maximum absolute atomic E-state index is 14.7. The molecule has 8 atom stereocenters. The van der Waals surface area contributed by atoms with Crippen LogP contribution >= 0.6 is 0 Å². The summed E-state index contributed by atoms with van der Waals surface area (Å²) in [6, 6.07) is 0. The fourth-order valence-electron chi connectivity index (χ4n) is 8.77. The van der Waals surface area contributed by atoms with E-state index < -0.39 is 25.5 Å². The normalized spacial score (nSPS) is 46.7. The van der Waals surface area contributed by atoms with E-state index in [1.807, 2.05) is 26.6 Å². The second-order valence-corrected chi connectivity index (χ2v) is 17.1. The lowest BCUT2D eigenvalue weighted by atomic mass is 9.44. The zero-order chi connectivity index (χ0) is 23.7. The fourth-order valence-corrected chi connectivity index (χ4v) is 10.3. The topological polar surface area (TPSA) is 35.5 Å². The molecule has 0 aromatic heterocycles. The maximum atomic E-state index is 14.7. The van der Waals surface area contributed by atoms with Gasteiger partial charge in [0.05, 0.1) is 0 Å². The maximum Gasteiger partial charge on any atom is 0.416 e. The van der Waals surface area contributed by atoms with Crippen molar-refractivity contribution in [1.29, 1.82) is 0 Å². The summed E-state index contributed by atoms with van der Waals surface area (Å²) in [5.41, 5.74) is -2.69. The second kappa shape index (κ2) is 7.72. The molecule has 4 aliphatic carbocycles. The van der Waals surface area contributed by atoms with Crippen LogP contribution in [0.25, 0.3) is 0 Å². The Morgan fingerprint density at radius 2 is 1.59 bits per heavy atom. The van der Waals surface area contributed by atoms with Crippen molar-refractivity contribution in [3.63, 3.8) is 0 Å². The summed E-state index contributed by atoms with van der Waals surface area (Å²) < 4.78 is 55.9. The molecule has 32 heavy (non-hydrogen) atoms. The molecular weight excluding hydrogens is 433 g/mol. The summed E-state index contributed by atoms with van der Waals surface area (Å²) in [5.74, 6) is 1.17. The number of esters is 1. The molecule has 0 radical (unpaired) electrons. The van der Waals surface area contributed by atoms with Crippen LogP contribution in [0.2, 0.25) is 19.6 Å². The molecule has 0 aliphatic heterocycles. The highest BCUT2D eigenvalue weighted by atomic mass is 28.4. The van der Waals surface area contributed by atoms with Gasteiger partial charge in [0.25, 0.3) is 0 Å². The highest BCUT2D eigenvalue weighted by Crippen LogP contribution is 2.71. The van der Waals surface area contributed by atoms with Gasteiger partial charge in [-0.25, -0.2) is 0 Å². The van der Waals surface area contributed by atoms with Crippen molar-refractivity contribution < 1.29 is 27.1 Å². The van der Waals surface area contributed by atoms with Crippen molar-refractivity contribution in [3.05, 3.63) is 0 Å². The van der Waals surface area contributed by atoms with Gasteiger partial charge in [-0.15, -0.1) is 0 Å². The van der Waals surface area contributed by atoms with Gasteiger partial charge in [0.1, 0.15) is 6.10 Å². The van der Waals surface area contributed by atoms with Gasteiger partial charge in [0, 0.05) is 12.3 Å². The second-order valence-electron chi connectivity index (χ2n) is 12.7. The van der Waals surface area contributed by atoms with Gasteiger partial charge >= 0.3 is 12.1 Å². The highest BCUT2D eigenvalue weighted by molar-refractivity contribution is 6.69. The number of alkyl halides is 3. The van der Waals surface area contributed by atoms with Crippen LogP contribution in [0.3, 0.4) is 0 Å². The van der Waals surface area contributed by atoms with Gasteiger partial charge in [-0.2, -0.15) is 13.2 Å². The lowest BCUT2D eigenvalue weighted by molar-refractivity contribution is -0.296. The molecule has 0 aromatic rings. The molecule has 0 spiro atoms. The summed E-state index contributed by atoms with van der Waals surface area (Å²) in [6.45, 7) is 11.4. The average Bonchev–Trinajstić information content (AvgIpc) is 2.93.